The Morgan fingerprint density at radius 3 is 2.42 bits per heavy atom. The second kappa shape index (κ2) is 8.05. The summed E-state index contributed by atoms with van der Waals surface area (Å²) < 4.78 is 27.9. The number of halogens is 1. The van der Waals surface area contributed by atoms with Gasteiger partial charge < -0.3 is 10.1 Å². The molecule has 1 aromatic heterocycles. The van der Waals surface area contributed by atoms with Crippen LogP contribution in [0.4, 0.5) is 17.1 Å². The summed E-state index contributed by atoms with van der Waals surface area (Å²) in [6, 6.07) is 16.6. The largest absolute Gasteiger partial charge is 0.493 e. The molecule has 0 saturated carbocycles. The molecule has 0 saturated heterocycles. The highest BCUT2D eigenvalue weighted by atomic mass is 35.5. The smallest absolute Gasteiger partial charge is 0.261 e. The second-order valence-corrected chi connectivity index (χ2v) is 9.20. The average molecular weight is 455 g/mol. The molecule has 0 atom stereocenters. The van der Waals surface area contributed by atoms with Crippen LogP contribution in [-0.4, -0.2) is 18.5 Å². The lowest BCUT2D eigenvalue weighted by Gasteiger charge is -2.09. The van der Waals surface area contributed by atoms with Gasteiger partial charge in [0.1, 0.15) is 0 Å². The fourth-order valence-electron chi connectivity index (χ4n) is 3.18. The summed E-state index contributed by atoms with van der Waals surface area (Å²) >= 11 is 5.84. The highest BCUT2D eigenvalue weighted by Gasteiger charge is 2.16. The van der Waals surface area contributed by atoms with E-state index < -0.39 is 10.0 Å². The van der Waals surface area contributed by atoms with Crippen LogP contribution >= 0.6 is 11.6 Å². The minimum Gasteiger partial charge on any atom is -0.493 e. The van der Waals surface area contributed by atoms with Crippen LogP contribution in [0.15, 0.2) is 75.8 Å². The lowest BCUT2D eigenvalue weighted by Crippen LogP contribution is -2.12. The molecule has 9 heteroatoms. The average Bonchev–Trinajstić information content (AvgIpc) is 3.05. The van der Waals surface area contributed by atoms with Crippen LogP contribution in [0.1, 0.15) is 11.1 Å². The maximum Gasteiger partial charge on any atom is 0.261 e. The monoisotopic (exact) mass is 454 g/mol. The molecule has 3 aromatic carbocycles. The van der Waals surface area contributed by atoms with Crippen LogP contribution in [0, 0.1) is 13.8 Å². The molecule has 0 spiro atoms. The van der Waals surface area contributed by atoms with Gasteiger partial charge in [-0.05, 0) is 67.4 Å². The fraction of sp³-hybridized carbons (Fsp3) is 0.0909. The summed E-state index contributed by atoms with van der Waals surface area (Å²) in [7, 11) is -3.77. The molecule has 0 fully saturated rings. The summed E-state index contributed by atoms with van der Waals surface area (Å²) in [4.78, 5) is 3.01. The number of hydrogen-bond donors (Lipinski definition) is 3. The van der Waals surface area contributed by atoms with Crippen LogP contribution in [0.2, 0.25) is 5.02 Å². The van der Waals surface area contributed by atoms with Gasteiger partial charge in [-0.2, -0.15) is 5.11 Å². The maximum absolute atomic E-state index is 12.7. The van der Waals surface area contributed by atoms with Crippen molar-refractivity contribution in [3.05, 3.63) is 76.8 Å². The summed E-state index contributed by atoms with van der Waals surface area (Å²) in [5.41, 5.74) is 3.63. The Bertz CT molecular complexity index is 1410. The number of H-pyrrole nitrogens is 1. The number of aryl methyl sites for hydroxylation is 2. The molecule has 0 aliphatic rings. The lowest BCUT2D eigenvalue weighted by atomic mass is 10.1. The van der Waals surface area contributed by atoms with E-state index in [9.17, 15) is 13.5 Å². The zero-order chi connectivity index (χ0) is 22.2. The van der Waals surface area contributed by atoms with E-state index in [1.54, 1.807) is 37.3 Å². The predicted molar refractivity (Wildman–Crippen MR) is 122 cm³/mol. The first-order valence-electron chi connectivity index (χ1n) is 9.35. The number of nitrogens with one attached hydrogen (secondary N) is 2. The third-order valence-electron chi connectivity index (χ3n) is 4.83. The molecule has 0 amide bonds. The van der Waals surface area contributed by atoms with Gasteiger partial charge in [-0.15, -0.1) is 5.11 Å². The number of sulfonamides is 1. The maximum atomic E-state index is 12.7. The van der Waals surface area contributed by atoms with Gasteiger partial charge in [-0.3, -0.25) is 4.72 Å². The van der Waals surface area contributed by atoms with Crippen molar-refractivity contribution in [3.8, 4) is 5.88 Å². The molecule has 0 aliphatic heterocycles. The summed E-state index contributed by atoms with van der Waals surface area (Å²) in [6.45, 7) is 3.68. The van der Waals surface area contributed by atoms with Crippen molar-refractivity contribution in [2.24, 2.45) is 10.2 Å². The number of benzene rings is 3. The second-order valence-electron chi connectivity index (χ2n) is 7.08. The lowest BCUT2D eigenvalue weighted by molar-refractivity contribution is 0.459. The van der Waals surface area contributed by atoms with Gasteiger partial charge in [0.25, 0.3) is 10.0 Å². The van der Waals surface area contributed by atoms with Gasteiger partial charge in [-0.1, -0.05) is 29.8 Å². The molecule has 1 heterocycles. The van der Waals surface area contributed by atoms with E-state index in [-0.39, 0.29) is 10.8 Å². The Morgan fingerprint density at radius 1 is 0.968 bits per heavy atom. The van der Waals surface area contributed by atoms with Crippen LogP contribution < -0.4 is 4.72 Å². The molecule has 4 aromatic rings. The minimum atomic E-state index is -3.77. The molecule has 0 radical (unpaired) electrons. The highest BCUT2D eigenvalue weighted by Crippen LogP contribution is 2.37. The number of hydrogen-bond acceptors (Lipinski definition) is 5. The minimum absolute atomic E-state index is 0.0722. The van der Waals surface area contributed by atoms with Crippen molar-refractivity contribution in [1.82, 2.24) is 4.98 Å². The molecule has 0 unspecified atom stereocenters. The van der Waals surface area contributed by atoms with Gasteiger partial charge >= 0.3 is 0 Å². The number of nitrogens with zero attached hydrogens (tertiary/aromatic N) is 2. The predicted octanol–water partition coefficient (Wildman–Crippen LogP) is 6.36. The van der Waals surface area contributed by atoms with Crippen LogP contribution in [-0.2, 0) is 10.0 Å². The van der Waals surface area contributed by atoms with Gasteiger partial charge in [0, 0.05) is 16.1 Å². The van der Waals surface area contributed by atoms with E-state index in [1.165, 1.54) is 12.1 Å². The number of aromatic hydroxyl groups is 1. The highest BCUT2D eigenvalue weighted by molar-refractivity contribution is 7.92. The molecular weight excluding hydrogens is 436 g/mol. The van der Waals surface area contributed by atoms with Gasteiger partial charge in [-0.25, -0.2) is 8.42 Å². The zero-order valence-corrected chi connectivity index (χ0v) is 18.3. The van der Waals surface area contributed by atoms with Crippen molar-refractivity contribution in [2.75, 3.05) is 4.72 Å². The Kier molecular flexibility index (Phi) is 5.43. The standard InChI is InChI=1S/C22H19ClN4O3S/c1-13-4-3-5-18-20(13)24-22(28)21(18)26-25-19-11-10-17(12-14(19)2)31(29,30)27-16-8-6-15(23)7-9-16/h3-12,24,27-28H,1-2H3/b26-25+. The van der Waals surface area contributed by atoms with Gasteiger partial charge in [0.05, 0.1) is 16.1 Å². The fourth-order valence-corrected chi connectivity index (χ4v) is 4.45. The topological polar surface area (TPSA) is 107 Å². The third-order valence-corrected chi connectivity index (χ3v) is 6.46. The SMILES string of the molecule is Cc1cc(S(=O)(=O)Nc2ccc(Cl)cc2)ccc1/N=N/c1c(O)[nH]c2c(C)cccc12. The number of anilines is 1. The summed E-state index contributed by atoms with van der Waals surface area (Å²) in [6.07, 6.45) is 0. The molecule has 7 nitrogen and oxygen atoms in total. The molecule has 31 heavy (non-hydrogen) atoms. The molecule has 158 valence electrons. The van der Waals surface area contributed by atoms with E-state index in [4.69, 9.17) is 11.6 Å². The first-order valence-corrected chi connectivity index (χ1v) is 11.2. The Labute approximate surface area is 184 Å². The van der Waals surface area contributed by atoms with Crippen LogP contribution in [0.5, 0.6) is 5.88 Å². The van der Waals surface area contributed by atoms with Crippen LogP contribution in [0.25, 0.3) is 10.9 Å². The van der Waals surface area contributed by atoms with E-state index in [2.05, 4.69) is 19.9 Å². The Morgan fingerprint density at radius 2 is 1.71 bits per heavy atom. The number of para-hydroxylation sites is 1. The molecular formula is C22H19ClN4O3S. The van der Waals surface area contributed by atoms with E-state index in [1.807, 2.05) is 25.1 Å². The summed E-state index contributed by atoms with van der Waals surface area (Å²) in [5.74, 6) is -0.0722. The third kappa shape index (κ3) is 4.26. The molecule has 4 rings (SSSR count). The first-order chi connectivity index (χ1) is 14.7. The van der Waals surface area contributed by atoms with Crippen LogP contribution in [0.3, 0.4) is 0 Å². The van der Waals surface area contributed by atoms with Crippen molar-refractivity contribution >= 4 is 49.6 Å². The van der Waals surface area contributed by atoms with Gasteiger partial charge in [0.15, 0.2) is 5.69 Å². The summed E-state index contributed by atoms with van der Waals surface area (Å²) in [5, 5.41) is 19.9. The first kappa shape index (κ1) is 20.9. The van der Waals surface area contributed by atoms with Crippen molar-refractivity contribution in [2.45, 2.75) is 18.7 Å². The quantitative estimate of drug-likeness (QED) is 0.305. The van der Waals surface area contributed by atoms with E-state index in [0.29, 0.717) is 27.6 Å². The Balaban J connectivity index is 1.62. The number of azo groups is 1. The Hall–Kier alpha value is -3.36. The number of aromatic amines is 1. The van der Waals surface area contributed by atoms with Crippen molar-refractivity contribution in [1.29, 1.82) is 0 Å². The zero-order valence-electron chi connectivity index (χ0n) is 16.7. The molecule has 3 N–H and O–H groups in total. The van der Waals surface area contributed by atoms with Gasteiger partial charge in [0.2, 0.25) is 5.88 Å². The van der Waals surface area contributed by atoms with Crippen molar-refractivity contribution in [3.63, 3.8) is 0 Å². The van der Waals surface area contributed by atoms with Crippen molar-refractivity contribution < 1.29 is 13.5 Å². The number of aromatic nitrogens is 1. The van der Waals surface area contributed by atoms with E-state index >= 15 is 0 Å². The normalized spacial score (nSPS) is 12.0. The number of rotatable bonds is 5. The molecule has 0 bridgehead atoms. The molecule has 0 aliphatic carbocycles. The number of fused-ring (bicyclic) bond motifs is 1. The van der Waals surface area contributed by atoms with E-state index in [0.717, 1.165) is 16.5 Å².